The summed E-state index contributed by atoms with van der Waals surface area (Å²) in [5, 5.41) is 8.81. The predicted octanol–water partition coefficient (Wildman–Crippen LogP) is 0.571. The van der Waals surface area contributed by atoms with Gasteiger partial charge in [0.25, 0.3) is 5.56 Å². The second-order valence-corrected chi connectivity index (χ2v) is 3.62. The summed E-state index contributed by atoms with van der Waals surface area (Å²) < 4.78 is 5.20. The molecule has 0 aliphatic heterocycles. The molecule has 0 saturated carbocycles. The number of carbonyl (C=O) groups is 1. The van der Waals surface area contributed by atoms with Crippen molar-refractivity contribution in [3.8, 4) is 0 Å². The van der Waals surface area contributed by atoms with Gasteiger partial charge in [0, 0.05) is 6.54 Å². The Bertz CT molecular complexity index is 586. The van der Waals surface area contributed by atoms with Gasteiger partial charge in [-0.3, -0.25) is 9.36 Å². The molecule has 0 aliphatic carbocycles. The molecular formula is C8H7N3O3S. The maximum atomic E-state index is 11.7. The minimum atomic E-state index is -1.11. The molecule has 2 heterocycles. The molecule has 2 rings (SSSR count). The molecule has 0 bridgehead atoms. The van der Waals surface area contributed by atoms with Crippen LogP contribution in [-0.2, 0) is 6.54 Å². The quantitative estimate of drug-likeness (QED) is 0.807. The molecule has 0 aromatic carbocycles. The Hall–Kier alpha value is -1.76. The molecule has 0 amide bonds. The van der Waals surface area contributed by atoms with Crippen LogP contribution in [0.1, 0.15) is 16.6 Å². The van der Waals surface area contributed by atoms with Crippen molar-refractivity contribution in [1.29, 1.82) is 0 Å². The highest BCUT2D eigenvalue weighted by atomic mass is 32.1. The highest BCUT2D eigenvalue weighted by Gasteiger charge is 2.16. The van der Waals surface area contributed by atoms with E-state index in [4.69, 9.17) is 5.11 Å². The number of carboxylic acids is 1. The SMILES string of the molecule is CCn1cnc2c(C(=O)O)snc2c1=O. The molecule has 2 aromatic rings. The normalized spacial score (nSPS) is 10.7. The van der Waals surface area contributed by atoms with Crippen LogP contribution in [0.15, 0.2) is 11.1 Å². The summed E-state index contributed by atoms with van der Waals surface area (Å²) in [6.45, 7) is 2.29. The third kappa shape index (κ3) is 1.40. The first-order valence-corrected chi connectivity index (χ1v) is 5.00. The summed E-state index contributed by atoms with van der Waals surface area (Å²) >= 11 is 0.779. The number of carboxylic acid groups (broad SMARTS) is 1. The Morgan fingerprint density at radius 3 is 2.93 bits per heavy atom. The standard InChI is InChI=1S/C8H7N3O3S/c1-2-11-3-9-4-5(7(11)12)10-15-6(4)8(13)14/h3H,2H2,1H3,(H,13,14). The van der Waals surface area contributed by atoms with E-state index in [0.717, 1.165) is 11.5 Å². The van der Waals surface area contributed by atoms with E-state index < -0.39 is 5.97 Å². The maximum Gasteiger partial charge on any atom is 0.349 e. The van der Waals surface area contributed by atoms with Gasteiger partial charge < -0.3 is 5.11 Å². The number of fused-ring (bicyclic) bond motifs is 1. The van der Waals surface area contributed by atoms with Gasteiger partial charge >= 0.3 is 5.97 Å². The number of aryl methyl sites for hydroxylation is 1. The summed E-state index contributed by atoms with van der Waals surface area (Å²) in [7, 11) is 0. The fourth-order valence-electron chi connectivity index (χ4n) is 1.23. The van der Waals surface area contributed by atoms with Crippen molar-refractivity contribution in [2.24, 2.45) is 0 Å². The van der Waals surface area contributed by atoms with E-state index in [-0.39, 0.29) is 21.5 Å². The van der Waals surface area contributed by atoms with E-state index in [1.807, 2.05) is 0 Å². The van der Waals surface area contributed by atoms with Crippen molar-refractivity contribution in [3.05, 3.63) is 21.6 Å². The highest BCUT2D eigenvalue weighted by Crippen LogP contribution is 2.16. The molecule has 15 heavy (non-hydrogen) atoms. The van der Waals surface area contributed by atoms with Gasteiger partial charge in [0.2, 0.25) is 0 Å². The Morgan fingerprint density at radius 1 is 1.60 bits per heavy atom. The van der Waals surface area contributed by atoms with Crippen molar-refractivity contribution in [2.75, 3.05) is 0 Å². The van der Waals surface area contributed by atoms with E-state index in [1.54, 1.807) is 6.92 Å². The second-order valence-electron chi connectivity index (χ2n) is 2.85. The first kappa shape index (κ1) is 9.78. The number of aromatic carboxylic acids is 1. The zero-order valence-corrected chi connectivity index (χ0v) is 8.61. The monoisotopic (exact) mass is 225 g/mol. The van der Waals surface area contributed by atoms with Gasteiger partial charge in [-0.25, -0.2) is 9.78 Å². The Kier molecular flexibility index (Phi) is 2.24. The summed E-state index contributed by atoms with van der Waals surface area (Å²) in [6, 6.07) is 0. The molecule has 0 fully saturated rings. The van der Waals surface area contributed by atoms with Crippen molar-refractivity contribution in [1.82, 2.24) is 13.9 Å². The lowest BCUT2D eigenvalue weighted by molar-refractivity contribution is 0.0704. The van der Waals surface area contributed by atoms with Crippen LogP contribution in [0.25, 0.3) is 11.0 Å². The molecule has 1 N–H and O–H groups in total. The first-order chi connectivity index (χ1) is 7.15. The Morgan fingerprint density at radius 2 is 2.33 bits per heavy atom. The number of aromatic nitrogens is 3. The van der Waals surface area contributed by atoms with E-state index in [2.05, 4.69) is 9.36 Å². The number of rotatable bonds is 2. The third-order valence-corrected chi connectivity index (χ3v) is 2.82. The number of hydrogen-bond donors (Lipinski definition) is 1. The lowest BCUT2D eigenvalue weighted by atomic mass is 10.3. The largest absolute Gasteiger partial charge is 0.477 e. The van der Waals surface area contributed by atoms with Gasteiger partial charge in [-0.1, -0.05) is 0 Å². The summed E-state index contributed by atoms with van der Waals surface area (Å²) in [4.78, 5) is 26.4. The second kappa shape index (κ2) is 3.43. The van der Waals surface area contributed by atoms with Crippen molar-refractivity contribution >= 4 is 28.5 Å². The van der Waals surface area contributed by atoms with Gasteiger partial charge in [-0.2, -0.15) is 4.37 Å². The van der Waals surface area contributed by atoms with Gasteiger partial charge in [0.1, 0.15) is 5.52 Å². The maximum absolute atomic E-state index is 11.7. The summed E-state index contributed by atoms with van der Waals surface area (Å²) in [5.41, 5.74) is -0.00444. The molecule has 0 radical (unpaired) electrons. The summed E-state index contributed by atoms with van der Waals surface area (Å²) in [5.74, 6) is -1.11. The fourth-order valence-corrected chi connectivity index (χ4v) is 1.89. The molecule has 0 saturated heterocycles. The molecule has 0 aliphatic rings. The van der Waals surface area contributed by atoms with Crippen molar-refractivity contribution < 1.29 is 9.90 Å². The first-order valence-electron chi connectivity index (χ1n) is 4.23. The zero-order chi connectivity index (χ0) is 11.0. The van der Waals surface area contributed by atoms with Gasteiger partial charge in [-0.05, 0) is 18.5 Å². The molecule has 7 heteroatoms. The lowest BCUT2D eigenvalue weighted by Crippen LogP contribution is -2.19. The molecule has 0 spiro atoms. The van der Waals surface area contributed by atoms with Crippen LogP contribution in [0.4, 0.5) is 0 Å². The van der Waals surface area contributed by atoms with Crippen molar-refractivity contribution in [3.63, 3.8) is 0 Å². The average molecular weight is 225 g/mol. The number of nitrogens with zero attached hydrogens (tertiary/aromatic N) is 3. The van der Waals surface area contributed by atoms with Crippen LogP contribution >= 0.6 is 11.5 Å². The van der Waals surface area contributed by atoms with Gasteiger partial charge in [0.15, 0.2) is 10.4 Å². The zero-order valence-electron chi connectivity index (χ0n) is 7.80. The van der Waals surface area contributed by atoms with E-state index in [9.17, 15) is 9.59 Å². The van der Waals surface area contributed by atoms with Crippen LogP contribution in [0, 0.1) is 0 Å². The Labute approximate surface area is 88.0 Å². The van der Waals surface area contributed by atoms with Crippen LogP contribution in [0.2, 0.25) is 0 Å². The molecular weight excluding hydrogens is 218 g/mol. The van der Waals surface area contributed by atoms with E-state index in [0.29, 0.717) is 6.54 Å². The average Bonchev–Trinajstić information content (AvgIpc) is 2.62. The minimum absolute atomic E-state index is 0.00496. The smallest absolute Gasteiger partial charge is 0.349 e. The molecule has 6 nitrogen and oxygen atoms in total. The molecule has 0 atom stereocenters. The Balaban J connectivity index is 2.82. The third-order valence-electron chi connectivity index (χ3n) is 1.99. The fraction of sp³-hybridized carbons (Fsp3) is 0.250. The highest BCUT2D eigenvalue weighted by molar-refractivity contribution is 7.09. The van der Waals surface area contributed by atoms with Gasteiger partial charge in [0.05, 0.1) is 6.33 Å². The van der Waals surface area contributed by atoms with E-state index in [1.165, 1.54) is 10.9 Å². The number of hydrogen-bond acceptors (Lipinski definition) is 5. The van der Waals surface area contributed by atoms with Gasteiger partial charge in [-0.15, -0.1) is 0 Å². The molecule has 78 valence electrons. The minimum Gasteiger partial charge on any atom is -0.477 e. The topological polar surface area (TPSA) is 85.1 Å². The van der Waals surface area contributed by atoms with Crippen LogP contribution in [-0.4, -0.2) is 25.0 Å². The van der Waals surface area contributed by atoms with Crippen molar-refractivity contribution in [2.45, 2.75) is 13.5 Å². The van der Waals surface area contributed by atoms with E-state index >= 15 is 0 Å². The van der Waals surface area contributed by atoms with Crippen LogP contribution < -0.4 is 5.56 Å². The predicted molar refractivity (Wildman–Crippen MR) is 54.3 cm³/mol. The van der Waals surface area contributed by atoms with Crippen LogP contribution in [0.5, 0.6) is 0 Å². The summed E-state index contributed by atoms with van der Waals surface area (Å²) in [6.07, 6.45) is 1.34. The lowest BCUT2D eigenvalue weighted by Gasteiger charge is -1.98. The van der Waals surface area contributed by atoms with Crippen LogP contribution in [0.3, 0.4) is 0 Å². The molecule has 0 unspecified atom stereocenters. The molecule has 2 aromatic heterocycles.